The van der Waals surface area contributed by atoms with Crippen molar-refractivity contribution in [1.82, 2.24) is 4.98 Å². The average Bonchev–Trinajstić information content (AvgIpc) is 2.82. The number of aromatic nitrogens is 1. The fraction of sp³-hybridized carbons (Fsp3) is 0.167. The highest BCUT2D eigenvalue weighted by atomic mass is 16.5. The van der Waals surface area contributed by atoms with E-state index < -0.39 is 0 Å². The van der Waals surface area contributed by atoms with Crippen molar-refractivity contribution < 1.29 is 4.74 Å². The number of H-pyrrole nitrogens is 1. The molecule has 2 aromatic rings. The fourth-order valence-corrected chi connectivity index (χ4v) is 1.85. The van der Waals surface area contributed by atoms with Gasteiger partial charge >= 0.3 is 0 Å². The maximum atomic E-state index is 5.68. The first-order valence-electron chi connectivity index (χ1n) is 5.04. The molecule has 0 radical (unpaired) electrons. The van der Waals surface area contributed by atoms with E-state index in [1.807, 2.05) is 36.7 Å². The van der Waals surface area contributed by atoms with E-state index in [1.165, 1.54) is 5.56 Å². The second-order valence-electron chi connectivity index (χ2n) is 3.65. The van der Waals surface area contributed by atoms with E-state index in [9.17, 15) is 0 Å². The van der Waals surface area contributed by atoms with E-state index in [2.05, 4.69) is 16.4 Å². The third-order valence-corrected chi connectivity index (χ3v) is 2.65. The van der Waals surface area contributed by atoms with E-state index >= 15 is 0 Å². The second kappa shape index (κ2) is 3.35. The zero-order valence-electron chi connectivity index (χ0n) is 8.23. The van der Waals surface area contributed by atoms with Gasteiger partial charge in [0.15, 0.2) is 0 Å². The summed E-state index contributed by atoms with van der Waals surface area (Å²) in [5, 5.41) is 3.45. The molecular formula is C12H12N2O. The minimum atomic E-state index is 0.242. The Hall–Kier alpha value is -1.90. The lowest BCUT2D eigenvalue weighted by Crippen LogP contribution is -2.23. The maximum Gasteiger partial charge on any atom is 0.142 e. The van der Waals surface area contributed by atoms with Crippen molar-refractivity contribution >= 4 is 5.69 Å². The van der Waals surface area contributed by atoms with E-state index in [1.54, 1.807) is 0 Å². The van der Waals surface area contributed by atoms with Gasteiger partial charge in [-0.15, -0.1) is 0 Å². The summed E-state index contributed by atoms with van der Waals surface area (Å²) < 4.78 is 5.68. The molecule has 0 bridgehead atoms. The number of rotatable bonds is 1. The SMILES string of the molecule is c1ccc2c(c1)NC(c1cc[nH]c1)CO2. The van der Waals surface area contributed by atoms with Crippen molar-refractivity contribution in [3.05, 3.63) is 48.3 Å². The predicted molar refractivity (Wildman–Crippen MR) is 59.1 cm³/mol. The first-order chi connectivity index (χ1) is 7.43. The van der Waals surface area contributed by atoms with Gasteiger partial charge in [-0.1, -0.05) is 12.1 Å². The molecule has 76 valence electrons. The second-order valence-corrected chi connectivity index (χ2v) is 3.65. The highest BCUT2D eigenvalue weighted by molar-refractivity contribution is 5.58. The van der Waals surface area contributed by atoms with Crippen molar-refractivity contribution in [2.45, 2.75) is 6.04 Å². The molecule has 3 nitrogen and oxygen atoms in total. The Kier molecular flexibility index (Phi) is 1.88. The Bertz CT molecular complexity index is 450. The smallest absolute Gasteiger partial charge is 0.142 e. The molecular weight excluding hydrogens is 188 g/mol. The lowest BCUT2D eigenvalue weighted by Gasteiger charge is -2.26. The molecule has 1 unspecified atom stereocenters. The number of hydrogen-bond acceptors (Lipinski definition) is 2. The molecule has 0 saturated carbocycles. The Morgan fingerprint density at radius 1 is 1.20 bits per heavy atom. The van der Waals surface area contributed by atoms with Crippen LogP contribution in [0.25, 0.3) is 0 Å². The molecule has 1 aliphatic heterocycles. The first kappa shape index (κ1) is 8.41. The molecule has 3 rings (SSSR count). The molecule has 1 aromatic heterocycles. The number of aromatic amines is 1. The van der Waals surface area contributed by atoms with Crippen LogP contribution in [-0.2, 0) is 0 Å². The van der Waals surface area contributed by atoms with Gasteiger partial charge in [0.1, 0.15) is 12.4 Å². The predicted octanol–water partition coefficient (Wildman–Crippen LogP) is 2.56. The van der Waals surface area contributed by atoms with Crippen LogP contribution in [0.4, 0.5) is 5.69 Å². The number of hydrogen-bond donors (Lipinski definition) is 2. The highest BCUT2D eigenvalue weighted by Crippen LogP contribution is 2.32. The molecule has 2 N–H and O–H groups in total. The normalized spacial score (nSPS) is 18.8. The third-order valence-electron chi connectivity index (χ3n) is 2.65. The number of nitrogens with one attached hydrogen (secondary N) is 2. The number of para-hydroxylation sites is 2. The van der Waals surface area contributed by atoms with Crippen LogP contribution in [0.3, 0.4) is 0 Å². The zero-order chi connectivity index (χ0) is 10.1. The molecule has 1 aromatic carbocycles. The van der Waals surface area contributed by atoms with Crippen LogP contribution in [0.15, 0.2) is 42.7 Å². The molecule has 15 heavy (non-hydrogen) atoms. The molecule has 0 aliphatic carbocycles. The average molecular weight is 200 g/mol. The van der Waals surface area contributed by atoms with E-state index in [-0.39, 0.29) is 6.04 Å². The van der Waals surface area contributed by atoms with Gasteiger partial charge in [0.25, 0.3) is 0 Å². The summed E-state index contributed by atoms with van der Waals surface area (Å²) in [5.74, 6) is 0.935. The third kappa shape index (κ3) is 1.46. The van der Waals surface area contributed by atoms with E-state index in [0.29, 0.717) is 6.61 Å². The lowest BCUT2D eigenvalue weighted by atomic mass is 10.1. The van der Waals surface area contributed by atoms with Crippen molar-refractivity contribution in [2.75, 3.05) is 11.9 Å². The summed E-state index contributed by atoms with van der Waals surface area (Å²) in [5.41, 5.74) is 2.29. The Morgan fingerprint density at radius 3 is 3.00 bits per heavy atom. The Labute approximate surface area is 88.1 Å². The summed E-state index contributed by atoms with van der Waals surface area (Å²) in [6.45, 7) is 0.675. The van der Waals surface area contributed by atoms with Gasteiger partial charge in [0, 0.05) is 12.4 Å². The number of benzene rings is 1. The van der Waals surface area contributed by atoms with Gasteiger partial charge in [-0.3, -0.25) is 0 Å². The van der Waals surface area contributed by atoms with Crippen LogP contribution in [-0.4, -0.2) is 11.6 Å². The van der Waals surface area contributed by atoms with Crippen LogP contribution in [0.1, 0.15) is 11.6 Å². The molecule has 2 heterocycles. The molecule has 0 saturated heterocycles. The minimum absolute atomic E-state index is 0.242. The Morgan fingerprint density at radius 2 is 2.13 bits per heavy atom. The maximum absolute atomic E-state index is 5.68. The quantitative estimate of drug-likeness (QED) is 0.742. The van der Waals surface area contributed by atoms with Gasteiger partial charge in [0.05, 0.1) is 11.7 Å². The fourth-order valence-electron chi connectivity index (χ4n) is 1.85. The van der Waals surface area contributed by atoms with Crippen LogP contribution in [0.5, 0.6) is 5.75 Å². The summed E-state index contributed by atoms with van der Waals surface area (Å²) in [6, 6.07) is 10.3. The molecule has 0 amide bonds. The summed E-state index contributed by atoms with van der Waals surface area (Å²) in [6.07, 6.45) is 3.92. The molecule has 0 spiro atoms. The molecule has 3 heteroatoms. The van der Waals surface area contributed by atoms with Crippen LogP contribution in [0.2, 0.25) is 0 Å². The van der Waals surface area contributed by atoms with Gasteiger partial charge in [-0.2, -0.15) is 0 Å². The zero-order valence-corrected chi connectivity index (χ0v) is 8.23. The van der Waals surface area contributed by atoms with Crippen molar-refractivity contribution in [3.63, 3.8) is 0 Å². The number of anilines is 1. The number of fused-ring (bicyclic) bond motifs is 1. The highest BCUT2D eigenvalue weighted by Gasteiger charge is 2.19. The summed E-state index contributed by atoms with van der Waals surface area (Å²) in [4.78, 5) is 3.06. The molecule has 1 aliphatic rings. The number of ether oxygens (including phenoxy) is 1. The van der Waals surface area contributed by atoms with Crippen LogP contribution in [0, 0.1) is 0 Å². The first-order valence-corrected chi connectivity index (χ1v) is 5.04. The van der Waals surface area contributed by atoms with Crippen LogP contribution >= 0.6 is 0 Å². The largest absolute Gasteiger partial charge is 0.489 e. The van der Waals surface area contributed by atoms with Crippen molar-refractivity contribution in [3.8, 4) is 5.75 Å². The molecule has 0 fully saturated rings. The van der Waals surface area contributed by atoms with E-state index in [4.69, 9.17) is 4.74 Å². The molecule has 1 atom stereocenters. The van der Waals surface area contributed by atoms with Crippen molar-refractivity contribution in [1.29, 1.82) is 0 Å². The standard InChI is InChI=1S/C12H12N2O/c1-2-4-12-10(3-1)14-11(8-15-12)9-5-6-13-7-9/h1-7,11,13-14H,8H2. The summed E-state index contributed by atoms with van der Waals surface area (Å²) in [7, 11) is 0. The van der Waals surface area contributed by atoms with Crippen LogP contribution < -0.4 is 10.1 Å². The topological polar surface area (TPSA) is 37.0 Å². The Balaban J connectivity index is 1.89. The summed E-state index contributed by atoms with van der Waals surface area (Å²) >= 11 is 0. The van der Waals surface area contributed by atoms with Gasteiger partial charge < -0.3 is 15.0 Å². The monoisotopic (exact) mass is 200 g/mol. The van der Waals surface area contributed by atoms with Gasteiger partial charge in [-0.25, -0.2) is 0 Å². The van der Waals surface area contributed by atoms with Crippen molar-refractivity contribution in [2.24, 2.45) is 0 Å². The van der Waals surface area contributed by atoms with Gasteiger partial charge in [0.2, 0.25) is 0 Å². The van der Waals surface area contributed by atoms with Gasteiger partial charge in [-0.05, 0) is 23.8 Å². The minimum Gasteiger partial charge on any atom is -0.489 e. The lowest BCUT2D eigenvalue weighted by molar-refractivity contribution is 0.286. The van der Waals surface area contributed by atoms with E-state index in [0.717, 1.165) is 11.4 Å².